The van der Waals surface area contributed by atoms with Gasteiger partial charge in [-0.1, -0.05) is 30.0 Å². The molecule has 0 bridgehead atoms. The quantitative estimate of drug-likeness (QED) is 0.325. The minimum Gasteiger partial charge on any atom is -0.493 e. The molecule has 1 amide bonds. The number of carbonyl (C=O) groups is 1. The molecule has 0 aliphatic rings. The fourth-order valence-electron chi connectivity index (χ4n) is 2.28. The third-order valence-corrected chi connectivity index (χ3v) is 3.61. The van der Waals surface area contributed by atoms with E-state index in [0.29, 0.717) is 6.61 Å². The van der Waals surface area contributed by atoms with Crippen molar-refractivity contribution in [1.82, 2.24) is 5.32 Å². The minimum absolute atomic E-state index is 0.0410. The molecule has 0 fully saturated rings. The first-order chi connectivity index (χ1) is 13.6. The SMILES string of the molecule is COCCOc1cc([N+](=O)[O-])c(C(=O)NCC#Cc2ccccc2)cc1OC. The molecular weight excluding hydrogens is 364 g/mol. The molecule has 0 heterocycles. The standard InChI is InChI=1S/C20H20N2O6/c1-26-11-12-28-19-14-17(22(24)25)16(13-18(19)27-2)20(23)21-10-6-9-15-7-4-3-5-8-15/h3-5,7-8,13-14H,10-12H2,1-2H3,(H,21,23). The number of benzene rings is 2. The average molecular weight is 384 g/mol. The highest BCUT2D eigenvalue weighted by atomic mass is 16.6. The van der Waals surface area contributed by atoms with E-state index >= 15 is 0 Å². The fourth-order valence-corrected chi connectivity index (χ4v) is 2.28. The first-order valence-corrected chi connectivity index (χ1v) is 8.37. The van der Waals surface area contributed by atoms with Crippen molar-refractivity contribution in [3.8, 4) is 23.3 Å². The second-order valence-corrected chi connectivity index (χ2v) is 5.47. The summed E-state index contributed by atoms with van der Waals surface area (Å²) in [6.45, 7) is 0.531. The van der Waals surface area contributed by atoms with Crippen LogP contribution in [-0.2, 0) is 4.74 Å². The number of nitrogens with one attached hydrogen (secondary N) is 1. The maximum absolute atomic E-state index is 12.4. The van der Waals surface area contributed by atoms with Crippen LogP contribution in [0.4, 0.5) is 5.69 Å². The number of hydrogen-bond acceptors (Lipinski definition) is 6. The van der Waals surface area contributed by atoms with Gasteiger partial charge in [0.05, 0.1) is 31.3 Å². The van der Waals surface area contributed by atoms with Gasteiger partial charge in [0.15, 0.2) is 11.5 Å². The van der Waals surface area contributed by atoms with Crippen LogP contribution < -0.4 is 14.8 Å². The van der Waals surface area contributed by atoms with Crippen LogP contribution in [0.1, 0.15) is 15.9 Å². The van der Waals surface area contributed by atoms with Crippen molar-refractivity contribution in [3.05, 3.63) is 63.7 Å². The van der Waals surface area contributed by atoms with Gasteiger partial charge in [-0.25, -0.2) is 0 Å². The van der Waals surface area contributed by atoms with Crippen molar-refractivity contribution in [2.75, 3.05) is 34.0 Å². The lowest BCUT2D eigenvalue weighted by Gasteiger charge is -2.12. The summed E-state index contributed by atoms with van der Waals surface area (Å²) in [6, 6.07) is 11.7. The molecule has 0 unspecified atom stereocenters. The summed E-state index contributed by atoms with van der Waals surface area (Å²) in [5.41, 5.74) is 0.283. The first-order valence-electron chi connectivity index (χ1n) is 8.37. The summed E-state index contributed by atoms with van der Waals surface area (Å²) in [6.07, 6.45) is 0. The van der Waals surface area contributed by atoms with Crippen LogP contribution in [0.2, 0.25) is 0 Å². The molecule has 146 valence electrons. The number of nitro groups is 1. The van der Waals surface area contributed by atoms with E-state index in [1.807, 2.05) is 30.3 Å². The molecule has 0 spiro atoms. The molecule has 0 saturated heterocycles. The van der Waals surface area contributed by atoms with E-state index in [1.54, 1.807) is 0 Å². The summed E-state index contributed by atoms with van der Waals surface area (Å²) in [4.78, 5) is 23.2. The van der Waals surface area contributed by atoms with Crippen LogP contribution in [-0.4, -0.2) is 44.8 Å². The summed E-state index contributed by atoms with van der Waals surface area (Å²) in [5.74, 6) is 5.44. The van der Waals surface area contributed by atoms with Crippen molar-refractivity contribution in [3.63, 3.8) is 0 Å². The van der Waals surface area contributed by atoms with Gasteiger partial charge in [0.25, 0.3) is 11.6 Å². The Morgan fingerprint density at radius 3 is 2.54 bits per heavy atom. The van der Waals surface area contributed by atoms with E-state index in [9.17, 15) is 14.9 Å². The van der Waals surface area contributed by atoms with Gasteiger partial charge in [0.2, 0.25) is 0 Å². The summed E-state index contributed by atoms with van der Waals surface area (Å²) < 4.78 is 15.5. The van der Waals surface area contributed by atoms with Gasteiger partial charge in [0, 0.05) is 18.7 Å². The zero-order valence-corrected chi connectivity index (χ0v) is 15.6. The van der Waals surface area contributed by atoms with Crippen molar-refractivity contribution in [2.45, 2.75) is 0 Å². The number of amides is 1. The number of methoxy groups -OCH3 is 2. The average Bonchev–Trinajstić information content (AvgIpc) is 2.71. The summed E-state index contributed by atoms with van der Waals surface area (Å²) >= 11 is 0. The number of ether oxygens (including phenoxy) is 3. The zero-order valence-electron chi connectivity index (χ0n) is 15.6. The number of hydrogen-bond donors (Lipinski definition) is 1. The predicted molar refractivity (Wildman–Crippen MR) is 103 cm³/mol. The second-order valence-electron chi connectivity index (χ2n) is 5.47. The molecule has 0 atom stereocenters. The molecule has 2 aromatic carbocycles. The fraction of sp³-hybridized carbons (Fsp3) is 0.250. The third-order valence-electron chi connectivity index (χ3n) is 3.61. The maximum Gasteiger partial charge on any atom is 0.286 e. The Bertz CT molecular complexity index is 887. The van der Waals surface area contributed by atoms with Crippen LogP contribution in [0.3, 0.4) is 0 Å². The highest BCUT2D eigenvalue weighted by Gasteiger charge is 2.24. The number of nitro benzene ring substituents is 1. The number of rotatable bonds is 8. The minimum atomic E-state index is -0.646. The molecular formula is C20H20N2O6. The van der Waals surface area contributed by atoms with E-state index in [0.717, 1.165) is 5.56 Å². The topological polar surface area (TPSA) is 99.9 Å². The molecule has 0 radical (unpaired) electrons. The first kappa shape index (κ1) is 20.7. The molecule has 0 aromatic heterocycles. The monoisotopic (exact) mass is 384 g/mol. The predicted octanol–water partition coefficient (Wildman–Crippen LogP) is 2.41. The summed E-state index contributed by atoms with van der Waals surface area (Å²) in [7, 11) is 2.90. The Balaban J connectivity index is 2.17. The van der Waals surface area contributed by atoms with Crippen LogP contribution in [0.25, 0.3) is 0 Å². The van der Waals surface area contributed by atoms with Crippen LogP contribution in [0.15, 0.2) is 42.5 Å². The maximum atomic E-state index is 12.4. The molecule has 0 saturated carbocycles. The van der Waals surface area contributed by atoms with Gasteiger partial charge in [-0.3, -0.25) is 14.9 Å². The summed E-state index contributed by atoms with van der Waals surface area (Å²) in [5, 5.41) is 14.0. The molecule has 0 aliphatic carbocycles. The van der Waals surface area contributed by atoms with E-state index in [2.05, 4.69) is 17.2 Å². The van der Waals surface area contributed by atoms with Gasteiger partial charge in [-0.05, 0) is 12.1 Å². The van der Waals surface area contributed by atoms with E-state index in [-0.39, 0.29) is 35.9 Å². The second kappa shape index (κ2) is 10.5. The van der Waals surface area contributed by atoms with Gasteiger partial charge < -0.3 is 19.5 Å². The molecule has 8 heteroatoms. The molecule has 28 heavy (non-hydrogen) atoms. The number of carbonyl (C=O) groups excluding carboxylic acids is 1. The zero-order chi connectivity index (χ0) is 20.4. The molecule has 2 rings (SSSR count). The van der Waals surface area contributed by atoms with E-state index in [4.69, 9.17) is 14.2 Å². The van der Waals surface area contributed by atoms with E-state index in [1.165, 1.54) is 26.4 Å². The molecule has 2 aromatic rings. The van der Waals surface area contributed by atoms with Crippen LogP contribution in [0.5, 0.6) is 11.5 Å². The van der Waals surface area contributed by atoms with Crippen molar-refractivity contribution >= 4 is 11.6 Å². The highest BCUT2D eigenvalue weighted by Crippen LogP contribution is 2.34. The van der Waals surface area contributed by atoms with Gasteiger partial charge in [-0.2, -0.15) is 0 Å². The Labute approximate surface area is 162 Å². The molecule has 0 aliphatic heterocycles. The Hall–Kier alpha value is -3.57. The largest absolute Gasteiger partial charge is 0.493 e. The lowest BCUT2D eigenvalue weighted by molar-refractivity contribution is -0.385. The normalized spacial score (nSPS) is 9.79. The Kier molecular flexibility index (Phi) is 7.81. The lowest BCUT2D eigenvalue weighted by Crippen LogP contribution is -2.24. The van der Waals surface area contributed by atoms with Crippen molar-refractivity contribution < 1.29 is 23.9 Å². The lowest BCUT2D eigenvalue weighted by atomic mass is 10.1. The number of nitrogens with zero attached hydrogens (tertiary/aromatic N) is 1. The van der Waals surface area contributed by atoms with Gasteiger partial charge in [0.1, 0.15) is 12.2 Å². The van der Waals surface area contributed by atoms with Gasteiger partial charge >= 0.3 is 0 Å². The molecule has 8 nitrogen and oxygen atoms in total. The smallest absolute Gasteiger partial charge is 0.286 e. The van der Waals surface area contributed by atoms with Crippen molar-refractivity contribution in [2.24, 2.45) is 0 Å². The third kappa shape index (κ3) is 5.72. The van der Waals surface area contributed by atoms with Gasteiger partial charge in [-0.15, -0.1) is 0 Å². The highest BCUT2D eigenvalue weighted by molar-refractivity contribution is 5.99. The van der Waals surface area contributed by atoms with Crippen molar-refractivity contribution in [1.29, 1.82) is 0 Å². The van der Waals surface area contributed by atoms with Crippen LogP contribution >= 0.6 is 0 Å². The van der Waals surface area contributed by atoms with E-state index < -0.39 is 10.8 Å². The Morgan fingerprint density at radius 1 is 1.14 bits per heavy atom. The van der Waals surface area contributed by atoms with Crippen LogP contribution in [0, 0.1) is 22.0 Å². The Morgan fingerprint density at radius 2 is 1.89 bits per heavy atom. The molecule has 1 N–H and O–H groups in total.